The largest absolute Gasteiger partial charge is 0.496 e. The second-order valence-electron chi connectivity index (χ2n) is 8.11. The molecule has 0 bridgehead atoms. The Morgan fingerprint density at radius 2 is 1.94 bits per heavy atom. The van der Waals surface area contributed by atoms with Gasteiger partial charge in [0, 0.05) is 22.1 Å². The van der Waals surface area contributed by atoms with E-state index in [1.54, 1.807) is 31.4 Å². The minimum absolute atomic E-state index is 0.264. The monoisotopic (exact) mass is 456 g/mol. The smallest absolute Gasteiger partial charge is 0.327 e. The number of para-hydroxylation sites is 1. The van der Waals surface area contributed by atoms with Crippen molar-refractivity contribution in [2.45, 2.75) is 36.4 Å². The first kappa shape index (κ1) is 22.3. The summed E-state index contributed by atoms with van der Waals surface area (Å²) in [5, 5.41) is 13.0. The van der Waals surface area contributed by atoms with E-state index in [1.165, 1.54) is 7.11 Å². The minimum Gasteiger partial charge on any atom is -0.496 e. The van der Waals surface area contributed by atoms with Crippen LogP contribution in [0.15, 0.2) is 54.6 Å². The molecule has 0 unspecified atom stereocenters. The fourth-order valence-electron chi connectivity index (χ4n) is 5.41. The van der Waals surface area contributed by atoms with Crippen LogP contribution in [0.25, 0.3) is 6.08 Å². The molecule has 0 N–H and O–H groups in total. The van der Waals surface area contributed by atoms with Crippen molar-refractivity contribution >= 4 is 23.6 Å². The molecule has 2 aromatic rings. The number of halogens is 1. The lowest BCUT2D eigenvalue weighted by molar-refractivity contribution is -0.526. The number of rotatable bonds is 6. The van der Waals surface area contributed by atoms with Gasteiger partial charge in [0.05, 0.1) is 26.2 Å². The van der Waals surface area contributed by atoms with Crippen molar-refractivity contribution in [3.8, 4) is 5.75 Å². The Bertz CT molecular complexity index is 1040. The summed E-state index contributed by atoms with van der Waals surface area (Å²) in [6.07, 6.45) is 4.91. The predicted molar refractivity (Wildman–Crippen MR) is 121 cm³/mol. The van der Waals surface area contributed by atoms with Gasteiger partial charge in [-0.25, -0.2) is 0 Å². The van der Waals surface area contributed by atoms with E-state index in [9.17, 15) is 14.9 Å². The molecule has 4 rings (SSSR count). The number of nitrogens with zero attached hydrogens (tertiary/aromatic N) is 2. The predicted octanol–water partition coefficient (Wildman–Crippen LogP) is 4.18. The van der Waals surface area contributed by atoms with Gasteiger partial charge in [-0.2, -0.15) is 0 Å². The molecule has 0 spiro atoms. The van der Waals surface area contributed by atoms with Crippen LogP contribution in [-0.2, 0) is 9.53 Å². The normalized spacial score (nSPS) is 27.4. The molecule has 32 heavy (non-hydrogen) atoms. The van der Waals surface area contributed by atoms with Gasteiger partial charge in [-0.15, -0.1) is 0 Å². The molecule has 0 aliphatic carbocycles. The van der Waals surface area contributed by atoms with Gasteiger partial charge in [0.2, 0.25) is 6.04 Å². The van der Waals surface area contributed by atoms with Crippen molar-refractivity contribution in [1.82, 2.24) is 4.90 Å². The number of methoxy groups -OCH3 is 2. The maximum absolute atomic E-state index is 13.2. The number of hydrogen-bond donors (Lipinski definition) is 0. The van der Waals surface area contributed by atoms with E-state index in [1.807, 2.05) is 41.3 Å². The Morgan fingerprint density at radius 1 is 1.22 bits per heavy atom. The summed E-state index contributed by atoms with van der Waals surface area (Å²) < 4.78 is 10.6. The van der Waals surface area contributed by atoms with Crippen LogP contribution < -0.4 is 4.74 Å². The van der Waals surface area contributed by atoms with Crippen molar-refractivity contribution < 1.29 is 19.2 Å². The maximum atomic E-state index is 13.2. The Morgan fingerprint density at radius 3 is 2.59 bits per heavy atom. The van der Waals surface area contributed by atoms with Gasteiger partial charge in [0.1, 0.15) is 11.3 Å². The van der Waals surface area contributed by atoms with Crippen LogP contribution >= 0.6 is 11.6 Å². The van der Waals surface area contributed by atoms with Gasteiger partial charge in [-0.1, -0.05) is 54.1 Å². The second kappa shape index (κ2) is 8.92. The quantitative estimate of drug-likeness (QED) is 0.368. The fraction of sp³-hybridized carbons (Fsp3) is 0.375. The van der Waals surface area contributed by atoms with Crippen molar-refractivity contribution in [3.63, 3.8) is 0 Å². The lowest BCUT2D eigenvalue weighted by Gasteiger charge is -2.34. The lowest BCUT2D eigenvalue weighted by atomic mass is 9.76. The molecule has 8 heteroatoms. The number of fused-ring (bicyclic) bond motifs is 1. The van der Waals surface area contributed by atoms with Crippen molar-refractivity contribution in [1.29, 1.82) is 0 Å². The second-order valence-corrected chi connectivity index (χ2v) is 8.55. The SMILES string of the molecule is COC(=O)[C@]12CCCN1[C@@H](/C=C/c1ccccc1OC)[C@@H]([N+](=O)[O-])[C@@H]2c1ccc(Cl)cc1. The molecule has 2 aliphatic rings. The van der Waals surface area contributed by atoms with Gasteiger partial charge in [-0.3, -0.25) is 19.8 Å². The molecule has 2 fully saturated rings. The van der Waals surface area contributed by atoms with Crippen molar-refractivity contribution in [2.24, 2.45) is 0 Å². The molecule has 2 aliphatic heterocycles. The Labute approximate surface area is 191 Å². The average molecular weight is 457 g/mol. The van der Waals surface area contributed by atoms with Crippen LogP contribution in [0, 0.1) is 10.1 Å². The van der Waals surface area contributed by atoms with E-state index in [0.29, 0.717) is 29.3 Å². The highest BCUT2D eigenvalue weighted by atomic mass is 35.5. The molecule has 2 heterocycles. The average Bonchev–Trinajstić information content (AvgIpc) is 3.35. The van der Waals surface area contributed by atoms with Gasteiger partial charge in [0.15, 0.2) is 0 Å². The highest BCUT2D eigenvalue weighted by Gasteiger charge is 2.69. The highest BCUT2D eigenvalue weighted by Crippen LogP contribution is 2.53. The van der Waals surface area contributed by atoms with Gasteiger partial charge in [0.25, 0.3) is 0 Å². The zero-order valence-corrected chi connectivity index (χ0v) is 18.7. The summed E-state index contributed by atoms with van der Waals surface area (Å²) in [4.78, 5) is 27.3. The molecular weight excluding hydrogens is 432 g/mol. The summed E-state index contributed by atoms with van der Waals surface area (Å²) in [5.41, 5.74) is 0.423. The Balaban J connectivity index is 1.85. The fourth-order valence-corrected chi connectivity index (χ4v) is 5.54. The standard InChI is InChI=1S/C24H25ClN2O5/c1-31-20-7-4-3-6-16(20)10-13-19-22(27(29)30)21(17-8-11-18(25)12-9-17)24(23(28)32-2)14-5-15-26(19)24/h3-4,6-13,19,21-22H,5,14-15H2,1-2H3/b13-10+/t19-,21-,22+,24+/m0/s1. The third-order valence-corrected chi connectivity index (χ3v) is 6.91. The van der Waals surface area contributed by atoms with E-state index in [-0.39, 0.29) is 4.92 Å². The molecule has 2 saturated heterocycles. The lowest BCUT2D eigenvalue weighted by Crippen LogP contribution is -2.51. The first-order valence-corrected chi connectivity index (χ1v) is 10.9. The molecule has 0 radical (unpaired) electrons. The van der Waals surface area contributed by atoms with E-state index in [4.69, 9.17) is 21.1 Å². The molecule has 168 valence electrons. The zero-order chi connectivity index (χ0) is 22.9. The summed E-state index contributed by atoms with van der Waals surface area (Å²) >= 11 is 6.07. The van der Waals surface area contributed by atoms with Gasteiger partial charge >= 0.3 is 5.97 Å². The molecule has 0 amide bonds. The number of ether oxygens (including phenoxy) is 2. The van der Waals surface area contributed by atoms with E-state index in [2.05, 4.69) is 0 Å². The first-order valence-electron chi connectivity index (χ1n) is 10.5. The molecular formula is C24H25ClN2O5. The molecule has 4 atom stereocenters. The van der Waals surface area contributed by atoms with E-state index >= 15 is 0 Å². The van der Waals surface area contributed by atoms with Crippen LogP contribution in [0.3, 0.4) is 0 Å². The Kier molecular flexibility index (Phi) is 6.22. The molecule has 0 aromatic heterocycles. The molecule has 2 aromatic carbocycles. The van der Waals surface area contributed by atoms with E-state index in [0.717, 1.165) is 12.0 Å². The summed E-state index contributed by atoms with van der Waals surface area (Å²) in [7, 11) is 2.92. The summed E-state index contributed by atoms with van der Waals surface area (Å²) in [6, 6.07) is 12.8. The number of carbonyl (C=O) groups excluding carboxylic acids is 1. The summed E-state index contributed by atoms with van der Waals surface area (Å²) in [5.74, 6) is -0.429. The van der Waals surface area contributed by atoms with Crippen LogP contribution in [0.2, 0.25) is 5.02 Å². The summed E-state index contributed by atoms with van der Waals surface area (Å²) in [6.45, 7) is 0.574. The Hall–Kier alpha value is -2.90. The van der Waals surface area contributed by atoms with Crippen molar-refractivity contribution in [3.05, 3.63) is 80.9 Å². The molecule has 7 nitrogen and oxygen atoms in total. The minimum atomic E-state index is -1.10. The van der Waals surface area contributed by atoms with Crippen LogP contribution in [0.1, 0.15) is 29.9 Å². The number of nitro groups is 1. The topological polar surface area (TPSA) is 81.9 Å². The maximum Gasteiger partial charge on any atom is 0.327 e. The molecule has 0 saturated carbocycles. The number of carbonyl (C=O) groups is 1. The van der Waals surface area contributed by atoms with Crippen LogP contribution in [0.5, 0.6) is 5.75 Å². The van der Waals surface area contributed by atoms with E-state index < -0.39 is 29.5 Å². The third-order valence-electron chi connectivity index (χ3n) is 6.66. The van der Waals surface area contributed by atoms with Gasteiger partial charge in [-0.05, 0) is 36.6 Å². The number of benzene rings is 2. The third kappa shape index (κ3) is 3.55. The van der Waals surface area contributed by atoms with Crippen molar-refractivity contribution in [2.75, 3.05) is 20.8 Å². The number of hydrogen-bond acceptors (Lipinski definition) is 6. The number of esters is 1. The van der Waals surface area contributed by atoms with Gasteiger partial charge < -0.3 is 9.47 Å². The van der Waals surface area contributed by atoms with Crippen LogP contribution in [0.4, 0.5) is 0 Å². The van der Waals surface area contributed by atoms with Crippen LogP contribution in [-0.4, -0.2) is 54.2 Å². The zero-order valence-electron chi connectivity index (χ0n) is 17.9. The highest BCUT2D eigenvalue weighted by molar-refractivity contribution is 6.30. The first-order chi connectivity index (χ1) is 15.4.